The van der Waals surface area contributed by atoms with Gasteiger partial charge in [0, 0.05) is 24.8 Å². The zero-order valence-corrected chi connectivity index (χ0v) is 17.5. The van der Waals surface area contributed by atoms with Gasteiger partial charge in [0.25, 0.3) is 0 Å². The highest BCUT2D eigenvalue weighted by Gasteiger charge is 2.34. The van der Waals surface area contributed by atoms with Gasteiger partial charge in [-0.05, 0) is 84.8 Å². The number of aromatic nitrogens is 1. The third kappa shape index (κ3) is 5.08. The van der Waals surface area contributed by atoms with Gasteiger partial charge < -0.3 is 9.80 Å². The fourth-order valence-electron chi connectivity index (χ4n) is 4.49. The largest absolute Gasteiger partial charge is 0.334 e. The maximum atomic E-state index is 13.4. The number of carbonyl (C=O) groups excluding carboxylic acids is 1. The van der Waals surface area contributed by atoms with E-state index in [0.717, 1.165) is 37.2 Å². The van der Waals surface area contributed by atoms with E-state index in [-0.39, 0.29) is 12.0 Å². The first-order valence-corrected chi connectivity index (χ1v) is 10.6. The van der Waals surface area contributed by atoms with Crippen molar-refractivity contribution >= 4 is 5.91 Å². The molecular formula is C22H36N4O. The zero-order valence-electron chi connectivity index (χ0n) is 17.5. The van der Waals surface area contributed by atoms with Gasteiger partial charge in [-0.3, -0.25) is 14.7 Å². The summed E-state index contributed by atoms with van der Waals surface area (Å²) in [5.74, 6) is 0.442. The average molecular weight is 373 g/mol. The lowest BCUT2D eigenvalue weighted by Crippen LogP contribution is -2.51. The van der Waals surface area contributed by atoms with Crippen LogP contribution in [-0.2, 0) is 11.3 Å². The van der Waals surface area contributed by atoms with Crippen molar-refractivity contribution in [3.63, 3.8) is 0 Å². The summed E-state index contributed by atoms with van der Waals surface area (Å²) >= 11 is 0. The van der Waals surface area contributed by atoms with Crippen LogP contribution in [0, 0.1) is 12.8 Å². The first-order chi connectivity index (χ1) is 13.0. The Kier molecular flexibility index (Phi) is 6.88. The van der Waals surface area contributed by atoms with E-state index in [1.165, 1.54) is 25.9 Å². The van der Waals surface area contributed by atoms with Gasteiger partial charge in [-0.25, -0.2) is 0 Å². The molecule has 1 aromatic heterocycles. The summed E-state index contributed by atoms with van der Waals surface area (Å²) in [5, 5.41) is 0. The minimum atomic E-state index is 0.129. The lowest BCUT2D eigenvalue weighted by Gasteiger charge is -2.42. The van der Waals surface area contributed by atoms with Gasteiger partial charge in [-0.1, -0.05) is 6.07 Å². The number of amides is 1. The summed E-state index contributed by atoms with van der Waals surface area (Å²) in [5.41, 5.74) is 2.18. The molecule has 5 nitrogen and oxygen atoms in total. The average Bonchev–Trinajstić information content (AvgIpc) is 2.67. The molecule has 1 aromatic rings. The van der Waals surface area contributed by atoms with Crippen LogP contribution in [0.3, 0.4) is 0 Å². The first kappa shape index (κ1) is 20.3. The van der Waals surface area contributed by atoms with E-state index in [4.69, 9.17) is 0 Å². The van der Waals surface area contributed by atoms with Crippen molar-refractivity contribution in [2.75, 3.05) is 33.2 Å². The Hall–Kier alpha value is -1.46. The fraction of sp³-hybridized carbons (Fsp3) is 0.727. The molecule has 0 aliphatic carbocycles. The number of aryl methyl sites for hydroxylation is 1. The number of hydrogen-bond donors (Lipinski definition) is 0. The lowest BCUT2D eigenvalue weighted by molar-refractivity contribution is -0.140. The van der Waals surface area contributed by atoms with Crippen molar-refractivity contribution < 1.29 is 4.79 Å². The van der Waals surface area contributed by atoms with E-state index >= 15 is 0 Å². The third-order valence-electron chi connectivity index (χ3n) is 6.35. The van der Waals surface area contributed by atoms with Gasteiger partial charge >= 0.3 is 0 Å². The molecule has 1 atom stereocenters. The molecule has 0 saturated carbocycles. The van der Waals surface area contributed by atoms with Gasteiger partial charge in [0.05, 0.1) is 18.2 Å². The van der Waals surface area contributed by atoms with Crippen LogP contribution in [0.4, 0.5) is 0 Å². The summed E-state index contributed by atoms with van der Waals surface area (Å²) in [6.07, 6.45) is 6.45. The molecule has 0 bridgehead atoms. The third-order valence-corrected chi connectivity index (χ3v) is 6.35. The summed E-state index contributed by atoms with van der Waals surface area (Å²) in [6.45, 7) is 11.4. The second-order valence-corrected chi connectivity index (χ2v) is 8.70. The predicted molar refractivity (Wildman–Crippen MR) is 109 cm³/mol. The molecule has 5 heteroatoms. The summed E-state index contributed by atoms with van der Waals surface area (Å²) in [4.78, 5) is 25.0. The number of piperidine rings is 2. The maximum Gasteiger partial charge on any atom is 0.227 e. The predicted octanol–water partition coefficient (Wildman–Crippen LogP) is 2.93. The van der Waals surface area contributed by atoms with Gasteiger partial charge in [0.1, 0.15) is 0 Å². The van der Waals surface area contributed by atoms with E-state index in [2.05, 4.69) is 48.7 Å². The highest BCUT2D eigenvalue weighted by atomic mass is 16.2. The second kappa shape index (κ2) is 9.16. The Labute approximate surface area is 164 Å². The molecular weight excluding hydrogens is 336 g/mol. The molecule has 3 heterocycles. The van der Waals surface area contributed by atoms with E-state index < -0.39 is 0 Å². The van der Waals surface area contributed by atoms with Crippen LogP contribution in [-0.4, -0.2) is 70.9 Å². The summed E-state index contributed by atoms with van der Waals surface area (Å²) in [7, 11) is 2.21. The van der Waals surface area contributed by atoms with Crippen molar-refractivity contribution in [3.05, 3.63) is 29.6 Å². The Morgan fingerprint density at radius 3 is 2.67 bits per heavy atom. The normalized spacial score (nSPS) is 22.9. The molecule has 0 N–H and O–H groups in total. The molecule has 2 aliphatic heterocycles. The molecule has 1 amide bonds. The lowest BCUT2D eigenvalue weighted by atomic mass is 9.92. The van der Waals surface area contributed by atoms with Crippen molar-refractivity contribution in [2.45, 2.75) is 65.1 Å². The monoisotopic (exact) mass is 372 g/mol. The van der Waals surface area contributed by atoms with Crippen LogP contribution >= 0.6 is 0 Å². The molecule has 2 fully saturated rings. The van der Waals surface area contributed by atoms with Crippen LogP contribution < -0.4 is 0 Å². The standard InChI is InChI=1S/C22H36N4O/c1-17(2)26(16-21-18(3)7-5-11-23-21)22(27)19-8-6-12-25(15-19)20-9-13-24(4)14-10-20/h5,7,11,17,19-20H,6,8-10,12-16H2,1-4H3. The molecule has 1 unspecified atom stereocenters. The Balaban J connectivity index is 1.65. The van der Waals surface area contributed by atoms with Crippen LogP contribution in [0.2, 0.25) is 0 Å². The number of pyridine rings is 1. The zero-order chi connectivity index (χ0) is 19.4. The maximum absolute atomic E-state index is 13.4. The molecule has 27 heavy (non-hydrogen) atoms. The fourth-order valence-corrected chi connectivity index (χ4v) is 4.49. The highest BCUT2D eigenvalue weighted by molar-refractivity contribution is 5.79. The van der Waals surface area contributed by atoms with Crippen molar-refractivity contribution in [1.82, 2.24) is 19.7 Å². The van der Waals surface area contributed by atoms with E-state index in [0.29, 0.717) is 18.5 Å². The van der Waals surface area contributed by atoms with Crippen molar-refractivity contribution in [3.8, 4) is 0 Å². The SMILES string of the molecule is Cc1cccnc1CN(C(=O)C1CCCN(C2CCN(C)CC2)C1)C(C)C. The van der Waals surface area contributed by atoms with E-state index in [9.17, 15) is 4.79 Å². The molecule has 150 valence electrons. The first-order valence-electron chi connectivity index (χ1n) is 10.6. The van der Waals surface area contributed by atoms with Gasteiger partial charge in [0.2, 0.25) is 5.91 Å². The van der Waals surface area contributed by atoms with E-state index in [1.54, 1.807) is 0 Å². The number of carbonyl (C=O) groups is 1. The molecule has 3 rings (SSSR count). The second-order valence-electron chi connectivity index (χ2n) is 8.70. The molecule has 2 aliphatic rings. The van der Waals surface area contributed by atoms with Gasteiger partial charge in [-0.2, -0.15) is 0 Å². The van der Waals surface area contributed by atoms with Crippen LogP contribution in [0.5, 0.6) is 0 Å². The van der Waals surface area contributed by atoms with E-state index in [1.807, 2.05) is 17.2 Å². The smallest absolute Gasteiger partial charge is 0.227 e. The molecule has 2 saturated heterocycles. The molecule has 0 spiro atoms. The Morgan fingerprint density at radius 1 is 1.26 bits per heavy atom. The molecule has 0 aromatic carbocycles. The number of hydrogen-bond acceptors (Lipinski definition) is 4. The van der Waals surface area contributed by atoms with Crippen LogP contribution in [0.15, 0.2) is 18.3 Å². The number of rotatable bonds is 5. The minimum absolute atomic E-state index is 0.129. The minimum Gasteiger partial charge on any atom is -0.334 e. The summed E-state index contributed by atoms with van der Waals surface area (Å²) in [6, 6.07) is 4.88. The van der Waals surface area contributed by atoms with Crippen molar-refractivity contribution in [2.24, 2.45) is 5.92 Å². The number of nitrogens with zero attached hydrogens (tertiary/aromatic N) is 4. The number of likely N-dealkylation sites (tertiary alicyclic amines) is 2. The Morgan fingerprint density at radius 2 is 2.00 bits per heavy atom. The molecule has 0 radical (unpaired) electrons. The Bertz CT molecular complexity index is 624. The van der Waals surface area contributed by atoms with Gasteiger partial charge in [0.15, 0.2) is 0 Å². The summed E-state index contributed by atoms with van der Waals surface area (Å²) < 4.78 is 0. The van der Waals surface area contributed by atoms with Crippen molar-refractivity contribution in [1.29, 1.82) is 0 Å². The van der Waals surface area contributed by atoms with Crippen LogP contribution in [0.1, 0.15) is 50.8 Å². The quantitative estimate of drug-likeness (QED) is 0.797. The highest BCUT2D eigenvalue weighted by Crippen LogP contribution is 2.26. The van der Waals surface area contributed by atoms with Gasteiger partial charge in [-0.15, -0.1) is 0 Å². The van der Waals surface area contributed by atoms with Crippen LogP contribution in [0.25, 0.3) is 0 Å². The topological polar surface area (TPSA) is 39.7 Å².